The summed E-state index contributed by atoms with van der Waals surface area (Å²) in [5, 5.41) is 5.75. The highest BCUT2D eigenvalue weighted by atomic mass is 79.9. The molecular formula is C16H11BrCl2N2. The molecule has 5 heteroatoms. The number of nitrogens with zero attached hydrogens (tertiary/aromatic N) is 1. The highest BCUT2D eigenvalue weighted by Crippen LogP contribution is 2.27. The van der Waals surface area contributed by atoms with Gasteiger partial charge in [0, 0.05) is 33.3 Å². The maximum Gasteiger partial charge on any atom is 0.0766 e. The molecule has 106 valence electrons. The number of pyridine rings is 1. The van der Waals surface area contributed by atoms with Crippen LogP contribution in [0.1, 0.15) is 5.56 Å². The molecule has 1 N–H and O–H groups in total. The number of hydrogen-bond donors (Lipinski definition) is 1. The topological polar surface area (TPSA) is 24.9 Å². The predicted octanol–water partition coefficient (Wildman–Crippen LogP) is 5.92. The molecule has 0 spiro atoms. The molecule has 0 atom stereocenters. The van der Waals surface area contributed by atoms with Gasteiger partial charge >= 0.3 is 0 Å². The molecule has 21 heavy (non-hydrogen) atoms. The SMILES string of the molecule is Clc1ccc(NCc2ccc(Cl)c3cccnc23)cc1Br. The zero-order valence-electron chi connectivity index (χ0n) is 10.9. The van der Waals surface area contributed by atoms with E-state index in [2.05, 4.69) is 26.2 Å². The lowest BCUT2D eigenvalue weighted by molar-refractivity contribution is 1.15. The van der Waals surface area contributed by atoms with Crippen LogP contribution >= 0.6 is 39.1 Å². The molecule has 1 heterocycles. The van der Waals surface area contributed by atoms with Crippen LogP contribution in [-0.2, 0) is 6.54 Å². The molecule has 0 aliphatic rings. The number of benzene rings is 2. The average Bonchev–Trinajstić information content (AvgIpc) is 2.50. The Morgan fingerprint density at radius 1 is 1.05 bits per heavy atom. The first-order valence-corrected chi connectivity index (χ1v) is 7.91. The van der Waals surface area contributed by atoms with Crippen LogP contribution in [0.25, 0.3) is 10.9 Å². The molecule has 3 aromatic rings. The first kappa shape index (κ1) is 14.6. The molecule has 0 aliphatic carbocycles. The zero-order valence-corrected chi connectivity index (χ0v) is 14.0. The van der Waals surface area contributed by atoms with E-state index < -0.39 is 0 Å². The summed E-state index contributed by atoms with van der Waals surface area (Å²) in [6.07, 6.45) is 1.78. The van der Waals surface area contributed by atoms with Crippen molar-refractivity contribution in [2.45, 2.75) is 6.54 Å². The fourth-order valence-corrected chi connectivity index (χ4v) is 2.85. The number of hydrogen-bond acceptors (Lipinski definition) is 2. The van der Waals surface area contributed by atoms with Gasteiger partial charge in [0.25, 0.3) is 0 Å². The lowest BCUT2D eigenvalue weighted by atomic mass is 10.1. The lowest BCUT2D eigenvalue weighted by Gasteiger charge is -2.10. The molecule has 0 fully saturated rings. The molecule has 0 unspecified atom stereocenters. The molecule has 0 saturated carbocycles. The van der Waals surface area contributed by atoms with Gasteiger partial charge in [0.15, 0.2) is 0 Å². The zero-order chi connectivity index (χ0) is 14.8. The summed E-state index contributed by atoms with van der Waals surface area (Å²) in [7, 11) is 0. The minimum atomic E-state index is 0.665. The first-order chi connectivity index (χ1) is 10.1. The van der Waals surface area contributed by atoms with E-state index in [9.17, 15) is 0 Å². The van der Waals surface area contributed by atoms with E-state index in [0.717, 1.165) is 31.6 Å². The number of rotatable bonds is 3. The Morgan fingerprint density at radius 2 is 1.86 bits per heavy atom. The Hall–Kier alpha value is -1.29. The summed E-state index contributed by atoms with van der Waals surface area (Å²) in [6, 6.07) is 13.5. The molecule has 3 rings (SSSR count). The minimum Gasteiger partial charge on any atom is -0.381 e. The van der Waals surface area contributed by atoms with Gasteiger partial charge in [-0.1, -0.05) is 29.3 Å². The van der Waals surface area contributed by atoms with Crippen molar-refractivity contribution in [3.05, 3.63) is 68.7 Å². The van der Waals surface area contributed by atoms with Gasteiger partial charge in [-0.2, -0.15) is 0 Å². The molecule has 2 aromatic carbocycles. The second-order valence-corrected chi connectivity index (χ2v) is 6.26. The van der Waals surface area contributed by atoms with E-state index in [1.807, 2.05) is 42.5 Å². The van der Waals surface area contributed by atoms with E-state index in [0.29, 0.717) is 11.6 Å². The fraction of sp³-hybridized carbons (Fsp3) is 0.0625. The van der Waals surface area contributed by atoms with Crippen LogP contribution < -0.4 is 5.32 Å². The van der Waals surface area contributed by atoms with Gasteiger partial charge in [-0.15, -0.1) is 0 Å². The Balaban J connectivity index is 1.88. The van der Waals surface area contributed by atoms with Crippen molar-refractivity contribution in [2.75, 3.05) is 5.32 Å². The first-order valence-electron chi connectivity index (χ1n) is 6.36. The fourth-order valence-electron chi connectivity index (χ4n) is 2.14. The predicted molar refractivity (Wildman–Crippen MR) is 93.2 cm³/mol. The molecule has 0 saturated heterocycles. The highest BCUT2D eigenvalue weighted by molar-refractivity contribution is 9.10. The number of fused-ring (bicyclic) bond motifs is 1. The Morgan fingerprint density at radius 3 is 2.67 bits per heavy atom. The minimum absolute atomic E-state index is 0.665. The Kier molecular flexibility index (Phi) is 4.34. The summed E-state index contributed by atoms with van der Waals surface area (Å²) in [6.45, 7) is 0.665. The smallest absolute Gasteiger partial charge is 0.0766 e. The molecule has 1 aromatic heterocycles. The van der Waals surface area contributed by atoms with Crippen LogP contribution in [-0.4, -0.2) is 4.98 Å². The largest absolute Gasteiger partial charge is 0.381 e. The normalized spacial score (nSPS) is 10.8. The molecule has 0 radical (unpaired) electrons. The third kappa shape index (κ3) is 3.15. The van der Waals surface area contributed by atoms with Crippen LogP contribution in [0.5, 0.6) is 0 Å². The molecule has 0 bridgehead atoms. The second kappa shape index (κ2) is 6.22. The summed E-state index contributed by atoms with van der Waals surface area (Å²) in [4.78, 5) is 4.43. The Labute approximate surface area is 141 Å². The van der Waals surface area contributed by atoms with Crippen molar-refractivity contribution in [3.8, 4) is 0 Å². The lowest BCUT2D eigenvalue weighted by Crippen LogP contribution is -2.01. The van der Waals surface area contributed by atoms with Crippen molar-refractivity contribution in [2.24, 2.45) is 0 Å². The van der Waals surface area contributed by atoms with Gasteiger partial charge in [0.1, 0.15) is 0 Å². The number of nitrogens with one attached hydrogen (secondary N) is 1. The van der Waals surface area contributed by atoms with Crippen LogP contribution in [0.2, 0.25) is 10.0 Å². The maximum absolute atomic E-state index is 6.20. The molecule has 0 amide bonds. The highest BCUT2D eigenvalue weighted by Gasteiger charge is 2.06. The molecule has 0 aliphatic heterocycles. The summed E-state index contributed by atoms with van der Waals surface area (Å²) in [5.74, 6) is 0. The van der Waals surface area contributed by atoms with E-state index in [-0.39, 0.29) is 0 Å². The molecular weight excluding hydrogens is 371 g/mol. The van der Waals surface area contributed by atoms with Crippen LogP contribution in [0.4, 0.5) is 5.69 Å². The van der Waals surface area contributed by atoms with Crippen molar-refractivity contribution in [3.63, 3.8) is 0 Å². The van der Waals surface area contributed by atoms with Crippen LogP contribution in [0.3, 0.4) is 0 Å². The van der Waals surface area contributed by atoms with E-state index in [1.165, 1.54) is 0 Å². The monoisotopic (exact) mass is 380 g/mol. The third-order valence-electron chi connectivity index (χ3n) is 3.20. The van der Waals surface area contributed by atoms with E-state index in [1.54, 1.807) is 6.20 Å². The summed E-state index contributed by atoms with van der Waals surface area (Å²) < 4.78 is 0.869. The standard InChI is InChI=1S/C16H11BrCl2N2/c17-13-8-11(4-6-15(13)19)21-9-10-3-5-14(18)12-2-1-7-20-16(10)12/h1-8,21H,9H2. The average molecular weight is 382 g/mol. The van der Waals surface area contributed by atoms with Crippen molar-refractivity contribution in [1.29, 1.82) is 0 Å². The van der Waals surface area contributed by atoms with Gasteiger partial charge < -0.3 is 5.32 Å². The van der Waals surface area contributed by atoms with Gasteiger partial charge in [0.2, 0.25) is 0 Å². The Bertz CT molecular complexity index is 805. The number of aromatic nitrogens is 1. The maximum atomic E-state index is 6.20. The van der Waals surface area contributed by atoms with E-state index >= 15 is 0 Å². The van der Waals surface area contributed by atoms with Gasteiger partial charge in [0.05, 0.1) is 10.5 Å². The summed E-state index contributed by atoms with van der Waals surface area (Å²) >= 11 is 15.6. The van der Waals surface area contributed by atoms with Crippen molar-refractivity contribution < 1.29 is 0 Å². The van der Waals surface area contributed by atoms with Crippen molar-refractivity contribution >= 4 is 55.7 Å². The quantitative estimate of drug-likeness (QED) is 0.609. The molecule has 2 nitrogen and oxygen atoms in total. The number of halogens is 3. The van der Waals surface area contributed by atoms with Crippen LogP contribution in [0, 0.1) is 0 Å². The third-order valence-corrected chi connectivity index (χ3v) is 4.75. The summed E-state index contributed by atoms with van der Waals surface area (Å²) in [5.41, 5.74) is 3.01. The van der Waals surface area contributed by atoms with Crippen molar-refractivity contribution in [1.82, 2.24) is 4.98 Å². The van der Waals surface area contributed by atoms with Crippen LogP contribution in [0.15, 0.2) is 53.1 Å². The second-order valence-electron chi connectivity index (χ2n) is 4.59. The van der Waals surface area contributed by atoms with Gasteiger partial charge in [-0.3, -0.25) is 4.98 Å². The number of anilines is 1. The van der Waals surface area contributed by atoms with Gasteiger partial charge in [-0.05, 0) is 57.9 Å². The van der Waals surface area contributed by atoms with E-state index in [4.69, 9.17) is 23.2 Å². The van der Waals surface area contributed by atoms with Gasteiger partial charge in [-0.25, -0.2) is 0 Å².